The van der Waals surface area contributed by atoms with Gasteiger partial charge in [-0.25, -0.2) is 9.97 Å². The van der Waals surface area contributed by atoms with Gasteiger partial charge in [0.1, 0.15) is 15.7 Å². The van der Waals surface area contributed by atoms with Crippen molar-refractivity contribution in [3.8, 4) is 0 Å². The normalized spacial score (nSPS) is 10.7. The maximum atomic E-state index is 11.6. The second-order valence-corrected chi connectivity index (χ2v) is 6.72. The summed E-state index contributed by atoms with van der Waals surface area (Å²) in [6.45, 7) is 7.26. The average molecular weight is 324 g/mol. The average Bonchev–Trinajstić information content (AvgIpc) is 2.68. The van der Waals surface area contributed by atoms with Crippen LogP contribution in [0.1, 0.15) is 23.2 Å². The number of nitrogens with zero attached hydrogens (tertiary/aromatic N) is 2. The molecule has 0 aliphatic carbocycles. The number of carbonyl (C=O) groups is 2. The molecule has 0 saturated heterocycles. The van der Waals surface area contributed by atoms with Crippen LogP contribution in [0.2, 0.25) is 0 Å². The lowest BCUT2D eigenvalue weighted by molar-refractivity contribution is -0.126. The lowest BCUT2D eigenvalue weighted by Crippen LogP contribution is -2.41. The summed E-state index contributed by atoms with van der Waals surface area (Å²) in [6.07, 6.45) is 0. The van der Waals surface area contributed by atoms with Crippen LogP contribution in [0.5, 0.6) is 0 Å². The molecule has 2 rings (SSSR count). The van der Waals surface area contributed by atoms with Crippen molar-refractivity contribution in [3.05, 3.63) is 16.3 Å². The van der Waals surface area contributed by atoms with Gasteiger partial charge in [0, 0.05) is 17.2 Å². The number of carbonyl (C=O) groups excluding carboxylic acids is 2. The molecule has 0 spiro atoms. The molecule has 2 aromatic rings. The molecule has 0 aliphatic rings. The summed E-state index contributed by atoms with van der Waals surface area (Å²) in [5.74, 6) is 0.288. The molecule has 2 aromatic heterocycles. The van der Waals surface area contributed by atoms with Crippen molar-refractivity contribution < 1.29 is 9.59 Å². The Hall–Kier alpha value is -1.67. The van der Waals surface area contributed by atoms with Crippen LogP contribution < -0.4 is 10.9 Å². The van der Waals surface area contributed by atoms with Crippen LogP contribution in [0.3, 0.4) is 0 Å². The Morgan fingerprint density at radius 3 is 2.57 bits per heavy atom. The lowest BCUT2D eigenvalue weighted by atomic mass is 10.2. The number of hydrogen-bond donors (Lipinski definition) is 2. The van der Waals surface area contributed by atoms with Crippen molar-refractivity contribution in [1.29, 1.82) is 0 Å². The van der Waals surface area contributed by atoms with E-state index < -0.39 is 0 Å². The summed E-state index contributed by atoms with van der Waals surface area (Å²) in [5.41, 5.74) is 5.75. The quantitative estimate of drug-likeness (QED) is 0.511. The maximum absolute atomic E-state index is 11.6. The Kier molecular flexibility index (Phi) is 4.79. The van der Waals surface area contributed by atoms with Crippen LogP contribution in [-0.4, -0.2) is 27.5 Å². The van der Waals surface area contributed by atoms with Gasteiger partial charge in [0.15, 0.2) is 0 Å². The van der Waals surface area contributed by atoms with E-state index in [1.807, 2.05) is 13.8 Å². The van der Waals surface area contributed by atoms with Crippen molar-refractivity contribution in [2.45, 2.75) is 32.7 Å². The van der Waals surface area contributed by atoms with Crippen molar-refractivity contribution in [3.63, 3.8) is 0 Å². The predicted octanol–water partition coefficient (Wildman–Crippen LogP) is 1.88. The van der Waals surface area contributed by atoms with Gasteiger partial charge in [-0.15, -0.1) is 11.3 Å². The zero-order chi connectivity index (χ0) is 15.6. The molecule has 0 aliphatic heterocycles. The summed E-state index contributed by atoms with van der Waals surface area (Å²) >= 11 is 2.98. The van der Waals surface area contributed by atoms with E-state index in [4.69, 9.17) is 0 Å². The van der Waals surface area contributed by atoms with E-state index in [-0.39, 0.29) is 17.6 Å². The molecular formula is C13H16N4O2S2. The first-order chi connectivity index (χ1) is 9.88. The highest BCUT2D eigenvalue weighted by Crippen LogP contribution is 2.34. The Morgan fingerprint density at radius 1 is 1.19 bits per heavy atom. The molecule has 2 amide bonds. The van der Waals surface area contributed by atoms with Crippen LogP contribution in [0.4, 0.5) is 0 Å². The van der Waals surface area contributed by atoms with E-state index in [0.29, 0.717) is 5.82 Å². The minimum atomic E-state index is -0.307. The van der Waals surface area contributed by atoms with E-state index >= 15 is 0 Å². The number of hydrazine groups is 1. The van der Waals surface area contributed by atoms with Gasteiger partial charge < -0.3 is 0 Å². The number of thiophene rings is 1. The van der Waals surface area contributed by atoms with Crippen molar-refractivity contribution in [1.82, 2.24) is 20.8 Å². The molecule has 2 heterocycles. The van der Waals surface area contributed by atoms with Gasteiger partial charge in [-0.2, -0.15) is 0 Å². The fraction of sp³-hybridized carbons (Fsp3) is 0.385. The molecule has 6 nitrogen and oxygen atoms in total. The SMILES string of the molecule is CC(=O)NNC(=O)CSc1nc(C)nc2sc(C)c(C)c12. The Balaban J connectivity index is 2.18. The summed E-state index contributed by atoms with van der Waals surface area (Å²) < 4.78 is 0. The standard InChI is InChI=1S/C13H16N4O2S2/c1-6-7(2)21-13-11(6)12(14-8(3)15-13)20-5-10(19)17-16-9(4)18/h5H2,1-4H3,(H,16,18)(H,17,19). The first-order valence-corrected chi connectivity index (χ1v) is 8.11. The van der Waals surface area contributed by atoms with Crippen LogP contribution in [0, 0.1) is 20.8 Å². The molecule has 8 heteroatoms. The number of thioether (sulfide) groups is 1. The first kappa shape index (κ1) is 15.7. The molecule has 2 N–H and O–H groups in total. The topological polar surface area (TPSA) is 84.0 Å². The number of rotatable bonds is 3. The van der Waals surface area contributed by atoms with Crippen molar-refractivity contribution >= 4 is 45.1 Å². The monoisotopic (exact) mass is 324 g/mol. The molecule has 0 radical (unpaired) electrons. The van der Waals surface area contributed by atoms with E-state index in [1.54, 1.807) is 11.3 Å². The zero-order valence-corrected chi connectivity index (χ0v) is 13.9. The second kappa shape index (κ2) is 6.40. The summed E-state index contributed by atoms with van der Waals surface area (Å²) in [5, 5.41) is 1.82. The van der Waals surface area contributed by atoms with Gasteiger partial charge in [0.2, 0.25) is 11.8 Å². The van der Waals surface area contributed by atoms with Crippen LogP contribution in [0.25, 0.3) is 10.2 Å². The number of amides is 2. The van der Waals surface area contributed by atoms with Crippen molar-refractivity contribution in [2.24, 2.45) is 0 Å². The lowest BCUT2D eigenvalue weighted by Gasteiger charge is -2.06. The smallest absolute Gasteiger partial charge is 0.248 e. The Labute approximate surface area is 130 Å². The highest BCUT2D eigenvalue weighted by molar-refractivity contribution is 8.00. The summed E-state index contributed by atoms with van der Waals surface area (Å²) in [4.78, 5) is 33.4. The fourth-order valence-corrected chi connectivity index (χ4v) is 3.82. The third kappa shape index (κ3) is 3.70. The van der Waals surface area contributed by atoms with Gasteiger partial charge >= 0.3 is 0 Å². The van der Waals surface area contributed by atoms with Gasteiger partial charge in [0.05, 0.1) is 5.75 Å². The molecule has 0 unspecified atom stereocenters. The van der Waals surface area contributed by atoms with Gasteiger partial charge in [-0.1, -0.05) is 11.8 Å². The number of hydrogen-bond acceptors (Lipinski definition) is 6. The second-order valence-electron chi connectivity index (χ2n) is 4.56. The van der Waals surface area contributed by atoms with Crippen molar-refractivity contribution in [2.75, 3.05) is 5.75 Å². The molecule has 0 bridgehead atoms. The van der Waals surface area contributed by atoms with E-state index in [0.717, 1.165) is 20.8 Å². The van der Waals surface area contributed by atoms with Crippen LogP contribution in [0.15, 0.2) is 5.03 Å². The predicted molar refractivity (Wildman–Crippen MR) is 84.3 cm³/mol. The third-order valence-corrected chi connectivity index (χ3v) is 4.90. The Bertz CT molecular complexity index is 712. The van der Waals surface area contributed by atoms with E-state index in [9.17, 15) is 9.59 Å². The van der Waals surface area contributed by atoms with Crippen LogP contribution >= 0.6 is 23.1 Å². The minimum Gasteiger partial charge on any atom is -0.274 e. The van der Waals surface area contributed by atoms with Gasteiger partial charge in [-0.3, -0.25) is 20.4 Å². The third-order valence-electron chi connectivity index (χ3n) is 2.83. The molecule has 0 aromatic carbocycles. The number of aryl methyl sites for hydroxylation is 3. The maximum Gasteiger partial charge on any atom is 0.248 e. The van der Waals surface area contributed by atoms with Crippen LogP contribution in [-0.2, 0) is 9.59 Å². The molecule has 0 atom stereocenters. The minimum absolute atomic E-state index is 0.181. The van der Waals surface area contributed by atoms with Gasteiger partial charge in [-0.05, 0) is 26.3 Å². The Morgan fingerprint density at radius 2 is 1.90 bits per heavy atom. The first-order valence-electron chi connectivity index (χ1n) is 6.31. The molecule has 21 heavy (non-hydrogen) atoms. The van der Waals surface area contributed by atoms with E-state index in [2.05, 4.69) is 27.7 Å². The molecular weight excluding hydrogens is 308 g/mol. The molecule has 0 saturated carbocycles. The molecule has 112 valence electrons. The number of fused-ring (bicyclic) bond motifs is 1. The number of nitrogens with one attached hydrogen (secondary N) is 2. The summed E-state index contributed by atoms with van der Waals surface area (Å²) in [7, 11) is 0. The highest BCUT2D eigenvalue weighted by atomic mass is 32.2. The fourth-order valence-electron chi connectivity index (χ4n) is 1.75. The number of aromatic nitrogens is 2. The summed E-state index contributed by atoms with van der Waals surface area (Å²) in [6, 6.07) is 0. The van der Waals surface area contributed by atoms with E-state index in [1.165, 1.54) is 23.6 Å². The van der Waals surface area contributed by atoms with Gasteiger partial charge in [0.25, 0.3) is 0 Å². The highest BCUT2D eigenvalue weighted by Gasteiger charge is 2.15. The molecule has 0 fully saturated rings. The largest absolute Gasteiger partial charge is 0.274 e. The zero-order valence-electron chi connectivity index (χ0n) is 12.2.